The molecule has 2 aliphatic heterocycles. The van der Waals surface area contributed by atoms with Crippen molar-refractivity contribution in [1.29, 1.82) is 5.41 Å². The second-order valence-corrected chi connectivity index (χ2v) is 8.75. The van der Waals surface area contributed by atoms with Gasteiger partial charge in [-0.15, -0.1) is 0 Å². The second kappa shape index (κ2) is 8.55. The fraction of sp³-hybridized carbons (Fsp3) is 0.120. The number of thioether (sulfide) groups is 1. The van der Waals surface area contributed by atoms with E-state index in [1.807, 2.05) is 53.2 Å². The van der Waals surface area contributed by atoms with Gasteiger partial charge >= 0.3 is 0 Å². The molecule has 0 fully saturated rings. The number of benzene rings is 2. The van der Waals surface area contributed by atoms with Crippen LogP contribution in [0.4, 0.5) is 0 Å². The molecule has 0 aliphatic carbocycles. The number of aliphatic imine (C=N–C) groups is 1. The second-order valence-electron chi connectivity index (χ2n) is 7.71. The number of aryl methyl sites for hydroxylation is 2. The van der Waals surface area contributed by atoms with Crippen LogP contribution in [0.1, 0.15) is 16.8 Å². The Kier molecular flexibility index (Phi) is 5.43. The molecule has 0 saturated carbocycles. The fourth-order valence-electron chi connectivity index (χ4n) is 3.71. The molecule has 3 aromatic rings. The van der Waals surface area contributed by atoms with Crippen LogP contribution in [0.3, 0.4) is 0 Å². The molecule has 1 aromatic heterocycles. The van der Waals surface area contributed by atoms with Gasteiger partial charge in [-0.25, -0.2) is 0 Å². The minimum absolute atomic E-state index is 0.000546. The highest BCUT2D eigenvalue weighted by molar-refractivity contribution is 8.27. The molecule has 0 unspecified atom stereocenters. The van der Waals surface area contributed by atoms with Crippen LogP contribution < -0.4 is 4.74 Å². The number of hydrogen-bond donors (Lipinski definition) is 1. The first-order chi connectivity index (χ1) is 16.0. The molecule has 5 rings (SSSR count). The van der Waals surface area contributed by atoms with Crippen LogP contribution in [0, 0.1) is 19.3 Å². The van der Waals surface area contributed by atoms with Gasteiger partial charge in [-0.05, 0) is 67.6 Å². The normalized spacial score (nSPS) is 16.7. The van der Waals surface area contributed by atoms with Crippen molar-refractivity contribution in [2.45, 2.75) is 13.8 Å². The van der Waals surface area contributed by atoms with Gasteiger partial charge < -0.3 is 9.30 Å². The smallest absolute Gasteiger partial charge is 0.283 e. The van der Waals surface area contributed by atoms with Crippen LogP contribution in [0.2, 0.25) is 0 Å². The van der Waals surface area contributed by atoms with E-state index >= 15 is 0 Å². The van der Waals surface area contributed by atoms with Gasteiger partial charge in [-0.3, -0.25) is 10.2 Å². The predicted molar refractivity (Wildman–Crippen MR) is 132 cm³/mol. The summed E-state index contributed by atoms with van der Waals surface area (Å²) in [7, 11) is 0. The predicted octanol–water partition coefficient (Wildman–Crippen LogP) is 4.79. The fourth-order valence-corrected chi connectivity index (χ4v) is 4.50. The van der Waals surface area contributed by atoms with E-state index in [0.29, 0.717) is 10.2 Å². The molecule has 8 heteroatoms. The van der Waals surface area contributed by atoms with Crippen molar-refractivity contribution in [3.63, 3.8) is 0 Å². The third-order valence-electron chi connectivity index (χ3n) is 5.29. The number of carbonyl (C=O) groups excluding carboxylic acids is 1. The van der Waals surface area contributed by atoms with Crippen molar-refractivity contribution >= 4 is 39.8 Å². The highest BCUT2D eigenvalue weighted by Gasteiger charge is 2.36. The summed E-state index contributed by atoms with van der Waals surface area (Å²) in [6, 6.07) is 19.5. The number of hydrogen-bond acceptors (Lipinski definition) is 5. The zero-order valence-corrected chi connectivity index (χ0v) is 19.0. The van der Waals surface area contributed by atoms with Crippen LogP contribution in [0.15, 0.2) is 82.5 Å². The molecular weight excluding hydrogens is 434 g/mol. The lowest BCUT2D eigenvalue weighted by atomic mass is 10.1. The van der Waals surface area contributed by atoms with Crippen LogP contribution in [0.25, 0.3) is 11.8 Å². The van der Waals surface area contributed by atoms with E-state index in [0.717, 1.165) is 22.7 Å². The number of para-hydroxylation sites is 1. The molecule has 3 heterocycles. The topological polar surface area (TPSA) is 83.0 Å². The van der Waals surface area contributed by atoms with E-state index in [9.17, 15) is 4.79 Å². The number of hydrazone groups is 1. The maximum atomic E-state index is 12.8. The molecule has 0 radical (unpaired) electrons. The quantitative estimate of drug-likeness (QED) is 0.561. The number of ether oxygens (including phenoxy) is 1. The Balaban J connectivity index is 1.41. The Bertz CT molecular complexity index is 1350. The Hall–Kier alpha value is -3.91. The molecule has 7 nitrogen and oxygen atoms in total. The van der Waals surface area contributed by atoms with Crippen molar-refractivity contribution in [3.05, 3.63) is 89.3 Å². The first kappa shape index (κ1) is 21.0. The summed E-state index contributed by atoms with van der Waals surface area (Å²) in [5.74, 6) is 0.277. The number of carbonyl (C=O) groups is 1. The van der Waals surface area contributed by atoms with Gasteiger partial charge in [-0.1, -0.05) is 35.9 Å². The molecule has 1 N–H and O–H groups in total. The number of nitrogens with one attached hydrogen (secondary N) is 1. The number of fused-ring (bicyclic) bond motifs is 1. The van der Waals surface area contributed by atoms with E-state index in [-0.39, 0.29) is 18.0 Å². The van der Waals surface area contributed by atoms with E-state index in [1.165, 1.54) is 22.3 Å². The summed E-state index contributed by atoms with van der Waals surface area (Å²) < 4.78 is 7.75. The van der Waals surface area contributed by atoms with Gasteiger partial charge in [0.2, 0.25) is 5.17 Å². The number of nitrogens with zero attached hydrogens (tertiary/aromatic N) is 4. The summed E-state index contributed by atoms with van der Waals surface area (Å²) in [6.07, 6.45) is 3.64. The van der Waals surface area contributed by atoms with Gasteiger partial charge in [0.15, 0.2) is 5.84 Å². The van der Waals surface area contributed by atoms with E-state index in [1.54, 1.807) is 6.08 Å². The molecule has 0 bridgehead atoms. The van der Waals surface area contributed by atoms with Crippen molar-refractivity contribution in [2.75, 3.05) is 6.61 Å². The van der Waals surface area contributed by atoms with Crippen LogP contribution >= 0.6 is 11.8 Å². The molecule has 164 valence electrons. The first-order valence-corrected chi connectivity index (χ1v) is 11.2. The van der Waals surface area contributed by atoms with Crippen LogP contribution in [-0.4, -0.2) is 38.1 Å². The van der Waals surface area contributed by atoms with Crippen molar-refractivity contribution in [3.8, 4) is 11.4 Å². The summed E-state index contributed by atoms with van der Waals surface area (Å²) >= 11 is 1.24. The maximum Gasteiger partial charge on any atom is 0.283 e. The van der Waals surface area contributed by atoms with Crippen molar-refractivity contribution < 1.29 is 9.53 Å². The Labute approximate surface area is 195 Å². The van der Waals surface area contributed by atoms with Crippen molar-refractivity contribution in [1.82, 2.24) is 9.58 Å². The number of rotatable bonds is 5. The number of aromatic nitrogens is 1. The molecular formula is C25H21N5O2S. The summed E-state index contributed by atoms with van der Waals surface area (Å²) in [6.45, 7) is 4.35. The monoisotopic (exact) mass is 455 g/mol. The molecule has 2 aliphatic rings. The highest BCUT2D eigenvalue weighted by atomic mass is 32.2. The zero-order valence-electron chi connectivity index (χ0n) is 18.1. The Morgan fingerprint density at radius 1 is 1.09 bits per heavy atom. The van der Waals surface area contributed by atoms with Crippen LogP contribution in [0.5, 0.6) is 5.75 Å². The van der Waals surface area contributed by atoms with E-state index in [4.69, 9.17) is 10.1 Å². The Morgan fingerprint density at radius 2 is 1.91 bits per heavy atom. The summed E-state index contributed by atoms with van der Waals surface area (Å²) in [5.41, 5.74) is 4.31. The molecule has 2 aromatic carbocycles. The van der Waals surface area contributed by atoms with Gasteiger partial charge in [0.25, 0.3) is 5.91 Å². The zero-order chi connectivity index (χ0) is 22.9. The minimum Gasteiger partial charge on any atom is -0.487 e. The summed E-state index contributed by atoms with van der Waals surface area (Å²) in [5, 5.41) is 15.5. The maximum absolute atomic E-state index is 12.8. The lowest BCUT2D eigenvalue weighted by Gasteiger charge is -2.20. The molecule has 0 saturated heterocycles. The standard InChI is InChI=1S/C25H21N5O2S/c1-16-10-11-21(17(2)13-16)29-12-6-7-18(29)14-20-23(26)30-25(27-24(20)31)33-22(28-30)15-32-19-8-4-3-5-9-19/h3-14,26H,15H2,1-2H3/b20-14+,26-23?. The highest BCUT2D eigenvalue weighted by Crippen LogP contribution is 2.29. The van der Waals surface area contributed by atoms with Gasteiger partial charge in [-0.2, -0.15) is 15.1 Å². The largest absolute Gasteiger partial charge is 0.487 e. The van der Waals surface area contributed by atoms with Gasteiger partial charge in [0, 0.05) is 17.6 Å². The van der Waals surface area contributed by atoms with E-state index in [2.05, 4.69) is 42.1 Å². The van der Waals surface area contributed by atoms with Crippen LogP contribution in [-0.2, 0) is 4.79 Å². The number of amides is 1. The summed E-state index contributed by atoms with van der Waals surface area (Å²) in [4.78, 5) is 17.0. The molecule has 0 spiro atoms. The molecule has 0 atom stereocenters. The van der Waals surface area contributed by atoms with Gasteiger partial charge in [0.05, 0.1) is 5.57 Å². The molecule has 1 amide bonds. The third-order valence-corrected chi connectivity index (χ3v) is 6.17. The average Bonchev–Trinajstić information content (AvgIpc) is 3.43. The van der Waals surface area contributed by atoms with Crippen molar-refractivity contribution in [2.24, 2.45) is 10.1 Å². The Morgan fingerprint density at radius 3 is 2.70 bits per heavy atom. The number of amidine groups is 2. The van der Waals surface area contributed by atoms with E-state index < -0.39 is 5.91 Å². The third kappa shape index (κ3) is 4.12. The van der Waals surface area contributed by atoms with Gasteiger partial charge in [0.1, 0.15) is 17.4 Å². The molecule has 33 heavy (non-hydrogen) atoms. The lowest BCUT2D eigenvalue weighted by molar-refractivity contribution is -0.114. The first-order valence-electron chi connectivity index (χ1n) is 10.4. The SMILES string of the molecule is Cc1ccc(-n2cccc2/C=C2\C(=N)N3N=C(COc4ccccc4)SC3=NC2=O)c(C)c1. The lowest BCUT2D eigenvalue weighted by Crippen LogP contribution is -2.35. The minimum atomic E-state index is -0.451. The average molecular weight is 456 g/mol.